The van der Waals surface area contributed by atoms with Crippen molar-refractivity contribution in [2.45, 2.75) is 44.9 Å². The summed E-state index contributed by atoms with van der Waals surface area (Å²) < 4.78 is 16.7. The van der Waals surface area contributed by atoms with Crippen LogP contribution in [0.25, 0.3) is 0 Å². The van der Waals surface area contributed by atoms with Gasteiger partial charge in [0.05, 0.1) is 18.9 Å². The number of piperazine rings is 1. The van der Waals surface area contributed by atoms with Gasteiger partial charge in [0.2, 0.25) is 0 Å². The quantitative estimate of drug-likeness (QED) is 0.538. The number of aliphatic imine (C=N–C) groups is 1. The highest BCUT2D eigenvalue weighted by Gasteiger charge is 2.21. The Morgan fingerprint density at radius 2 is 1.97 bits per heavy atom. The molecule has 2 fully saturated rings. The number of nitrogens with zero attached hydrogens (tertiary/aromatic N) is 4. The summed E-state index contributed by atoms with van der Waals surface area (Å²) in [6.45, 7) is 5.31. The molecule has 8 nitrogen and oxygen atoms in total. The number of hydrogen-bond acceptors (Lipinski definition) is 6. The van der Waals surface area contributed by atoms with E-state index in [1.807, 2.05) is 19.2 Å². The molecule has 2 heterocycles. The molecule has 8 heteroatoms. The van der Waals surface area contributed by atoms with Crippen LogP contribution in [0, 0.1) is 0 Å². The molecule has 0 unspecified atom stereocenters. The summed E-state index contributed by atoms with van der Waals surface area (Å²) in [5.41, 5.74) is 2.13. The van der Waals surface area contributed by atoms with Gasteiger partial charge in [0.25, 0.3) is 0 Å². The standard InChI is InChI=1S/C23H33N5O3/c1-24-23(28-12-10-27(11-13-28)17-19-9-14-30-26-19)25-16-18-7-8-21(29-2)22(15-18)31-20-5-3-4-6-20/h7-9,14-15,20H,3-6,10-13,16-17H2,1-2H3,(H,24,25). The molecule has 1 saturated carbocycles. The average molecular weight is 428 g/mol. The number of aromatic nitrogens is 1. The SMILES string of the molecule is CN=C(NCc1ccc(OC)c(OC2CCCC2)c1)N1CCN(Cc2ccon2)CC1. The fraction of sp³-hybridized carbons (Fsp3) is 0.565. The summed E-state index contributed by atoms with van der Waals surface area (Å²) in [6.07, 6.45) is 6.67. The van der Waals surface area contributed by atoms with Gasteiger partial charge >= 0.3 is 0 Å². The molecule has 2 aromatic rings. The van der Waals surface area contributed by atoms with Crippen molar-refractivity contribution in [2.75, 3.05) is 40.3 Å². The highest BCUT2D eigenvalue weighted by molar-refractivity contribution is 5.80. The van der Waals surface area contributed by atoms with Crippen molar-refractivity contribution in [3.05, 3.63) is 41.8 Å². The average Bonchev–Trinajstić information content (AvgIpc) is 3.50. The minimum Gasteiger partial charge on any atom is -0.493 e. The maximum atomic E-state index is 6.23. The Bertz CT molecular complexity index is 841. The van der Waals surface area contributed by atoms with Gasteiger partial charge in [-0.25, -0.2) is 0 Å². The van der Waals surface area contributed by atoms with Crippen LogP contribution in [-0.4, -0.2) is 67.4 Å². The van der Waals surface area contributed by atoms with Crippen molar-refractivity contribution >= 4 is 5.96 Å². The Balaban J connectivity index is 1.30. The van der Waals surface area contributed by atoms with Gasteiger partial charge in [0, 0.05) is 52.4 Å². The van der Waals surface area contributed by atoms with Crippen LogP contribution in [0.4, 0.5) is 0 Å². The van der Waals surface area contributed by atoms with Gasteiger partial charge in [-0.2, -0.15) is 0 Å². The smallest absolute Gasteiger partial charge is 0.194 e. The maximum Gasteiger partial charge on any atom is 0.194 e. The van der Waals surface area contributed by atoms with E-state index in [0.29, 0.717) is 12.6 Å². The van der Waals surface area contributed by atoms with Crippen molar-refractivity contribution in [1.29, 1.82) is 0 Å². The number of ether oxygens (including phenoxy) is 2. The first-order chi connectivity index (χ1) is 15.2. The minimum absolute atomic E-state index is 0.304. The Morgan fingerprint density at radius 3 is 2.65 bits per heavy atom. The molecule has 1 aromatic heterocycles. The third-order valence-electron chi connectivity index (χ3n) is 6.03. The van der Waals surface area contributed by atoms with Crippen molar-refractivity contribution < 1.29 is 14.0 Å². The molecular formula is C23H33N5O3. The fourth-order valence-electron chi connectivity index (χ4n) is 4.29. The number of benzene rings is 1. The van der Waals surface area contributed by atoms with Crippen molar-refractivity contribution in [1.82, 2.24) is 20.3 Å². The first-order valence-corrected chi connectivity index (χ1v) is 11.2. The summed E-state index contributed by atoms with van der Waals surface area (Å²) in [4.78, 5) is 9.19. The lowest BCUT2D eigenvalue weighted by Gasteiger charge is -2.36. The first kappa shape index (κ1) is 21.5. The van der Waals surface area contributed by atoms with Gasteiger partial charge < -0.3 is 24.2 Å². The summed E-state index contributed by atoms with van der Waals surface area (Å²) in [6, 6.07) is 8.09. The summed E-state index contributed by atoms with van der Waals surface area (Å²) in [5.74, 6) is 2.56. The van der Waals surface area contributed by atoms with Gasteiger partial charge in [-0.15, -0.1) is 0 Å². The third-order valence-corrected chi connectivity index (χ3v) is 6.03. The van der Waals surface area contributed by atoms with E-state index in [2.05, 4.69) is 37.4 Å². The van der Waals surface area contributed by atoms with E-state index in [9.17, 15) is 0 Å². The van der Waals surface area contributed by atoms with E-state index < -0.39 is 0 Å². The zero-order chi connectivity index (χ0) is 21.5. The summed E-state index contributed by atoms with van der Waals surface area (Å²) >= 11 is 0. The van der Waals surface area contributed by atoms with Crippen molar-refractivity contribution in [2.24, 2.45) is 4.99 Å². The predicted octanol–water partition coefficient (Wildman–Crippen LogP) is 2.90. The maximum absolute atomic E-state index is 6.23. The van der Waals surface area contributed by atoms with Crippen LogP contribution in [0.15, 0.2) is 40.0 Å². The Kier molecular flexibility index (Phi) is 7.30. The van der Waals surface area contributed by atoms with E-state index in [1.54, 1.807) is 13.4 Å². The van der Waals surface area contributed by atoms with E-state index in [0.717, 1.165) is 74.3 Å². The van der Waals surface area contributed by atoms with Gasteiger partial charge in [-0.05, 0) is 43.4 Å². The first-order valence-electron chi connectivity index (χ1n) is 11.2. The zero-order valence-corrected chi connectivity index (χ0v) is 18.5. The molecule has 0 amide bonds. The Hall–Kier alpha value is -2.74. The second-order valence-corrected chi connectivity index (χ2v) is 8.16. The van der Waals surface area contributed by atoms with Gasteiger partial charge in [0.15, 0.2) is 17.5 Å². The van der Waals surface area contributed by atoms with E-state index in [4.69, 9.17) is 14.0 Å². The van der Waals surface area contributed by atoms with Crippen LogP contribution in [0.1, 0.15) is 36.9 Å². The van der Waals surface area contributed by atoms with E-state index >= 15 is 0 Å². The fourth-order valence-corrected chi connectivity index (χ4v) is 4.29. The van der Waals surface area contributed by atoms with E-state index in [1.165, 1.54) is 12.8 Å². The largest absolute Gasteiger partial charge is 0.493 e. The van der Waals surface area contributed by atoms with Crippen molar-refractivity contribution in [3.8, 4) is 11.5 Å². The van der Waals surface area contributed by atoms with Gasteiger partial charge in [0.1, 0.15) is 6.26 Å². The molecular weight excluding hydrogens is 394 g/mol. The molecule has 1 N–H and O–H groups in total. The lowest BCUT2D eigenvalue weighted by molar-refractivity contribution is 0.169. The highest BCUT2D eigenvalue weighted by Crippen LogP contribution is 2.32. The molecule has 1 aliphatic heterocycles. The Morgan fingerprint density at radius 1 is 1.16 bits per heavy atom. The van der Waals surface area contributed by atoms with E-state index in [-0.39, 0.29) is 0 Å². The van der Waals surface area contributed by atoms with Gasteiger partial charge in [-0.1, -0.05) is 11.2 Å². The highest BCUT2D eigenvalue weighted by atomic mass is 16.5. The monoisotopic (exact) mass is 427 g/mol. The second kappa shape index (κ2) is 10.5. The lowest BCUT2D eigenvalue weighted by atomic mass is 10.2. The van der Waals surface area contributed by atoms with Crippen LogP contribution >= 0.6 is 0 Å². The summed E-state index contributed by atoms with van der Waals surface area (Å²) in [5, 5.41) is 7.52. The van der Waals surface area contributed by atoms with Gasteiger partial charge in [-0.3, -0.25) is 9.89 Å². The Labute approximate surface area is 184 Å². The normalized spacial score (nSPS) is 18.4. The van der Waals surface area contributed by atoms with Crippen molar-refractivity contribution in [3.63, 3.8) is 0 Å². The summed E-state index contributed by atoms with van der Waals surface area (Å²) in [7, 11) is 3.53. The molecule has 1 aromatic carbocycles. The molecule has 2 aliphatic rings. The molecule has 1 saturated heterocycles. The zero-order valence-electron chi connectivity index (χ0n) is 18.5. The predicted molar refractivity (Wildman–Crippen MR) is 119 cm³/mol. The molecule has 1 aliphatic carbocycles. The number of guanidine groups is 1. The molecule has 168 valence electrons. The number of rotatable bonds is 7. The third kappa shape index (κ3) is 5.70. The van der Waals surface area contributed by atoms with Crippen LogP contribution in [0.3, 0.4) is 0 Å². The number of methoxy groups -OCH3 is 1. The van der Waals surface area contributed by atoms with Crippen LogP contribution in [0.5, 0.6) is 11.5 Å². The molecule has 4 rings (SSSR count). The molecule has 0 bridgehead atoms. The molecule has 0 atom stereocenters. The van der Waals surface area contributed by atoms with Crippen LogP contribution < -0.4 is 14.8 Å². The lowest BCUT2D eigenvalue weighted by Crippen LogP contribution is -2.52. The van der Waals surface area contributed by atoms with Crippen LogP contribution in [-0.2, 0) is 13.1 Å². The molecule has 31 heavy (non-hydrogen) atoms. The second-order valence-electron chi connectivity index (χ2n) is 8.16. The molecule has 0 spiro atoms. The minimum atomic E-state index is 0.304. The number of hydrogen-bond donors (Lipinski definition) is 1. The van der Waals surface area contributed by atoms with Crippen LogP contribution in [0.2, 0.25) is 0 Å². The molecule has 0 radical (unpaired) electrons. The number of nitrogens with one attached hydrogen (secondary N) is 1. The topological polar surface area (TPSA) is 75.4 Å².